The van der Waals surface area contributed by atoms with E-state index in [0.717, 1.165) is 5.56 Å². The number of carbonyl (C=O) groups excluding carboxylic acids is 1. The van der Waals surface area contributed by atoms with Gasteiger partial charge in [0.15, 0.2) is 11.9 Å². The molecule has 1 aliphatic heterocycles. The molecule has 3 aromatic rings. The topological polar surface area (TPSA) is 81.9 Å². The highest BCUT2D eigenvalue weighted by Gasteiger charge is 2.29. The van der Waals surface area contributed by atoms with Crippen molar-refractivity contribution in [2.24, 2.45) is 0 Å². The second-order valence-corrected chi connectivity index (χ2v) is 5.70. The summed E-state index contributed by atoms with van der Waals surface area (Å²) < 4.78 is 7.19. The molecule has 0 spiro atoms. The van der Waals surface area contributed by atoms with Crippen LogP contribution in [-0.2, 0) is 11.2 Å². The van der Waals surface area contributed by atoms with E-state index in [1.165, 1.54) is 17.3 Å². The lowest BCUT2D eigenvalue weighted by Gasteiger charge is -2.13. The minimum absolute atomic E-state index is 0.253. The SMILES string of the molecule is O=C(Nc1cccnc1-n1cncn1)C1Cc2cc(Cl)ccc2O1. The first-order valence-electron chi connectivity index (χ1n) is 7.26. The van der Waals surface area contributed by atoms with Crippen molar-refractivity contribution in [3.63, 3.8) is 0 Å². The number of fused-ring (bicyclic) bond motifs is 1. The number of aromatic nitrogens is 4. The zero-order valence-electron chi connectivity index (χ0n) is 12.4. The third kappa shape index (κ3) is 2.69. The molecule has 4 rings (SSSR count). The van der Waals surface area contributed by atoms with Gasteiger partial charge in [-0.1, -0.05) is 11.6 Å². The van der Waals surface area contributed by atoms with Gasteiger partial charge in [-0.15, -0.1) is 0 Å². The molecular formula is C16H12ClN5O2. The number of rotatable bonds is 3. The van der Waals surface area contributed by atoms with Gasteiger partial charge in [0.25, 0.3) is 5.91 Å². The number of carbonyl (C=O) groups is 1. The molecule has 1 amide bonds. The zero-order valence-corrected chi connectivity index (χ0v) is 13.1. The Morgan fingerprint density at radius 2 is 2.29 bits per heavy atom. The molecule has 3 heterocycles. The van der Waals surface area contributed by atoms with Crippen molar-refractivity contribution in [1.29, 1.82) is 0 Å². The van der Waals surface area contributed by atoms with Gasteiger partial charge in [-0.2, -0.15) is 5.10 Å². The summed E-state index contributed by atoms with van der Waals surface area (Å²) in [6, 6.07) is 8.82. The summed E-state index contributed by atoms with van der Waals surface area (Å²) in [6.45, 7) is 0. The molecule has 1 atom stereocenters. The molecular weight excluding hydrogens is 330 g/mol. The van der Waals surface area contributed by atoms with E-state index in [2.05, 4.69) is 20.4 Å². The van der Waals surface area contributed by atoms with E-state index in [1.807, 2.05) is 6.07 Å². The van der Waals surface area contributed by atoms with Gasteiger partial charge in [-0.3, -0.25) is 4.79 Å². The summed E-state index contributed by atoms with van der Waals surface area (Å²) >= 11 is 5.98. The number of hydrogen-bond acceptors (Lipinski definition) is 5. The largest absolute Gasteiger partial charge is 0.480 e. The van der Waals surface area contributed by atoms with Gasteiger partial charge in [0.2, 0.25) is 0 Å². The molecule has 1 aromatic carbocycles. The van der Waals surface area contributed by atoms with Gasteiger partial charge in [0, 0.05) is 17.6 Å². The Balaban J connectivity index is 1.54. The van der Waals surface area contributed by atoms with Crippen molar-refractivity contribution in [1.82, 2.24) is 19.7 Å². The van der Waals surface area contributed by atoms with Crippen molar-refractivity contribution in [2.45, 2.75) is 12.5 Å². The fraction of sp³-hybridized carbons (Fsp3) is 0.125. The summed E-state index contributed by atoms with van der Waals surface area (Å²) in [5.74, 6) is 0.917. The lowest BCUT2D eigenvalue weighted by Crippen LogP contribution is -2.31. The van der Waals surface area contributed by atoms with E-state index >= 15 is 0 Å². The number of hydrogen-bond donors (Lipinski definition) is 1. The maximum Gasteiger partial charge on any atom is 0.265 e. The van der Waals surface area contributed by atoms with Crippen molar-refractivity contribution < 1.29 is 9.53 Å². The Hall–Kier alpha value is -2.93. The highest BCUT2D eigenvalue weighted by atomic mass is 35.5. The second-order valence-electron chi connectivity index (χ2n) is 5.27. The summed E-state index contributed by atoms with van der Waals surface area (Å²) in [5.41, 5.74) is 1.45. The fourth-order valence-electron chi connectivity index (χ4n) is 2.57. The third-order valence-electron chi connectivity index (χ3n) is 3.67. The Labute approximate surface area is 142 Å². The summed E-state index contributed by atoms with van der Waals surface area (Å²) in [7, 11) is 0. The van der Waals surface area contributed by atoms with Crippen molar-refractivity contribution in [3.8, 4) is 11.6 Å². The standard InChI is InChI=1S/C16H12ClN5O2/c17-11-3-4-13-10(6-11)7-14(24-13)16(23)21-12-2-1-5-19-15(12)22-9-18-8-20-22/h1-6,8-9,14H,7H2,(H,21,23). The highest BCUT2D eigenvalue weighted by Crippen LogP contribution is 2.31. The molecule has 1 N–H and O–H groups in total. The van der Waals surface area contributed by atoms with Crippen LogP contribution in [0.25, 0.3) is 5.82 Å². The van der Waals surface area contributed by atoms with Crippen LogP contribution in [0, 0.1) is 0 Å². The van der Waals surface area contributed by atoms with Crippen LogP contribution >= 0.6 is 11.6 Å². The van der Waals surface area contributed by atoms with Crippen LogP contribution in [0.1, 0.15) is 5.56 Å². The van der Waals surface area contributed by atoms with Crippen LogP contribution in [0.5, 0.6) is 5.75 Å². The molecule has 0 aliphatic carbocycles. The molecule has 24 heavy (non-hydrogen) atoms. The lowest BCUT2D eigenvalue weighted by atomic mass is 10.1. The van der Waals surface area contributed by atoms with Gasteiger partial charge >= 0.3 is 0 Å². The van der Waals surface area contributed by atoms with E-state index < -0.39 is 6.10 Å². The molecule has 8 heteroatoms. The molecule has 0 saturated carbocycles. The van der Waals surface area contributed by atoms with Gasteiger partial charge in [0.1, 0.15) is 18.4 Å². The van der Waals surface area contributed by atoms with Crippen LogP contribution in [-0.4, -0.2) is 31.8 Å². The van der Waals surface area contributed by atoms with Crippen molar-refractivity contribution >= 4 is 23.2 Å². The molecule has 0 fully saturated rings. The van der Waals surface area contributed by atoms with Gasteiger partial charge in [-0.05, 0) is 35.9 Å². The number of nitrogens with one attached hydrogen (secondary N) is 1. The van der Waals surface area contributed by atoms with E-state index in [0.29, 0.717) is 28.7 Å². The van der Waals surface area contributed by atoms with Gasteiger partial charge in [0.05, 0.1) is 5.69 Å². The van der Waals surface area contributed by atoms with Crippen molar-refractivity contribution in [3.05, 3.63) is 59.8 Å². The first kappa shape index (κ1) is 14.6. The number of nitrogens with zero attached hydrogens (tertiary/aromatic N) is 4. The Bertz CT molecular complexity index is 897. The average Bonchev–Trinajstić information content (AvgIpc) is 3.24. The summed E-state index contributed by atoms with van der Waals surface area (Å²) in [6.07, 6.45) is 4.40. The molecule has 0 saturated heterocycles. The van der Waals surface area contributed by atoms with Crippen LogP contribution in [0.2, 0.25) is 5.02 Å². The van der Waals surface area contributed by atoms with Crippen LogP contribution in [0.15, 0.2) is 49.2 Å². The second kappa shape index (κ2) is 5.93. The van der Waals surface area contributed by atoms with E-state index in [-0.39, 0.29) is 5.91 Å². The Kier molecular flexibility index (Phi) is 3.62. The first-order chi connectivity index (χ1) is 11.7. The quantitative estimate of drug-likeness (QED) is 0.790. The number of benzene rings is 1. The highest BCUT2D eigenvalue weighted by molar-refractivity contribution is 6.30. The third-order valence-corrected chi connectivity index (χ3v) is 3.90. The van der Waals surface area contributed by atoms with E-state index in [9.17, 15) is 4.79 Å². The Morgan fingerprint density at radius 1 is 1.38 bits per heavy atom. The van der Waals surface area contributed by atoms with Gasteiger partial charge in [-0.25, -0.2) is 14.6 Å². The number of amides is 1. The molecule has 7 nitrogen and oxygen atoms in total. The Morgan fingerprint density at radius 3 is 3.12 bits per heavy atom. The first-order valence-corrected chi connectivity index (χ1v) is 7.64. The monoisotopic (exact) mass is 341 g/mol. The van der Waals surface area contributed by atoms with Crippen LogP contribution in [0.4, 0.5) is 5.69 Å². The normalized spacial score (nSPS) is 15.6. The number of anilines is 1. The minimum atomic E-state index is -0.609. The molecule has 2 aromatic heterocycles. The molecule has 0 bridgehead atoms. The van der Waals surface area contributed by atoms with E-state index in [1.54, 1.807) is 30.5 Å². The average molecular weight is 342 g/mol. The molecule has 120 valence electrons. The number of ether oxygens (including phenoxy) is 1. The lowest BCUT2D eigenvalue weighted by molar-refractivity contribution is -0.122. The molecule has 1 unspecified atom stereocenters. The number of pyridine rings is 1. The van der Waals surface area contributed by atoms with Crippen LogP contribution < -0.4 is 10.1 Å². The van der Waals surface area contributed by atoms with Crippen LogP contribution in [0.3, 0.4) is 0 Å². The zero-order chi connectivity index (χ0) is 16.5. The maximum atomic E-state index is 12.5. The number of halogens is 1. The predicted molar refractivity (Wildman–Crippen MR) is 87.4 cm³/mol. The summed E-state index contributed by atoms with van der Waals surface area (Å²) in [4.78, 5) is 20.7. The fourth-order valence-corrected chi connectivity index (χ4v) is 2.77. The predicted octanol–water partition coefficient (Wildman–Crippen LogP) is 2.26. The smallest absolute Gasteiger partial charge is 0.265 e. The van der Waals surface area contributed by atoms with Crippen molar-refractivity contribution in [2.75, 3.05) is 5.32 Å². The van der Waals surface area contributed by atoms with Gasteiger partial charge < -0.3 is 10.1 Å². The molecule has 0 radical (unpaired) electrons. The minimum Gasteiger partial charge on any atom is -0.480 e. The maximum absolute atomic E-state index is 12.5. The molecule has 1 aliphatic rings. The summed E-state index contributed by atoms with van der Waals surface area (Å²) in [5, 5.41) is 7.51. The van der Waals surface area contributed by atoms with E-state index in [4.69, 9.17) is 16.3 Å².